The number of benzene rings is 3. The van der Waals surface area contributed by atoms with E-state index < -0.39 is 6.04 Å². The molecule has 4 aromatic rings. The molecule has 0 fully saturated rings. The Hall–Kier alpha value is -3.03. The third kappa shape index (κ3) is 3.32. The van der Waals surface area contributed by atoms with Crippen molar-refractivity contribution in [2.75, 3.05) is 18.3 Å². The molecule has 2 heterocycles. The molecule has 5 rings (SSSR count). The van der Waals surface area contributed by atoms with Crippen LogP contribution in [0.5, 0.6) is 5.75 Å². The quantitative estimate of drug-likeness (QED) is 0.315. The zero-order chi connectivity index (χ0) is 22.4. The number of thioether (sulfide) groups is 1. The van der Waals surface area contributed by atoms with Crippen LogP contribution in [0.25, 0.3) is 11.0 Å². The Morgan fingerprint density at radius 2 is 1.81 bits per heavy atom. The van der Waals surface area contributed by atoms with Crippen molar-refractivity contribution in [1.82, 2.24) is 0 Å². The van der Waals surface area contributed by atoms with Crippen LogP contribution in [-0.2, 0) is 0 Å². The number of amides is 1. The molecule has 1 aliphatic heterocycles. The van der Waals surface area contributed by atoms with E-state index in [0.29, 0.717) is 28.0 Å². The van der Waals surface area contributed by atoms with Gasteiger partial charge in [0, 0.05) is 21.1 Å². The van der Waals surface area contributed by atoms with E-state index in [-0.39, 0.29) is 17.1 Å². The van der Waals surface area contributed by atoms with Crippen LogP contribution in [0.15, 0.2) is 85.3 Å². The Bertz CT molecular complexity index is 1410. The maximum atomic E-state index is 13.6. The van der Waals surface area contributed by atoms with Crippen LogP contribution in [0.3, 0.4) is 0 Å². The van der Waals surface area contributed by atoms with Crippen molar-refractivity contribution in [3.05, 3.63) is 98.3 Å². The molecular weight excluding hydrogens is 490 g/mol. The highest BCUT2D eigenvalue weighted by atomic mass is 79.9. The monoisotopic (exact) mass is 507 g/mol. The molecule has 0 N–H and O–H groups in total. The van der Waals surface area contributed by atoms with E-state index in [1.165, 1.54) is 0 Å². The lowest BCUT2D eigenvalue weighted by Gasteiger charge is -2.25. The minimum Gasteiger partial charge on any atom is -0.497 e. The normalized spacial score (nSPS) is 15.3. The van der Waals surface area contributed by atoms with Gasteiger partial charge in [-0.15, -0.1) is 11.8 Å². The van der Waals surface area contributed by atoms with Crippen molar-refractivity contribution >= 4 is 50.3 Å². The number of carbonyl (C=O) groups excluding carboxylic acids is 1. The molecule has 0 saturated carbocycles. The van der Waals surface area contributed by atoms with Crippen molar-refractivity contribution in [1.29, 1.82) is 0 Å². The highest BCUT2D eigenvalue weighted by Crippen LogP contribution is 2.42. The lowest BCUT2D eigenvalue weighted by atomic mass is 9.98. The average Bonchev–Trinajstić information content (AvgIpc) is 3.12. The smallest absolute Gasteiger partial charge is 0.295 e. The van der Waals surface area contributed by atoms with Crippen molar-refractivity contribution in [3.63, 3.8) is 0 Å². The predicted molar refractivity (Wildman–Crippen MR) is 130 cm³/mol. The van der Waals surface area contributed by atoms with Gasteiger partial charge < -0.3 is 9.15 Å². The number of ether oxygens (including phenoxy) is 1. The summed E-state index contributed by atoms with van der Waals surface area (Å²) in [5.74, 6) is 0.344. The maximum Gasteiger partial charge on any atom is 0.295 e. The summed E-state index contributed by atoms with van der Waals surface area (Å²) in [5.41, 5.74) is 1.98. The standard InChI is InChI=1S/C25H18BrNO4S/c1-30-17-5-3-4-16(13-17)27-22(14-6-9-18(32-2)10-7-14)21-23(28)19-12-15(26)8-11-20(19)31-24(21)25(27)29/h3-13,22H,1-2H3. The zero-order valence-electron chi connectivity index (χ0n) is 17.3. The van der Waals surface area contributed by atoms with Crippen molar-refractivity contribution in [2.45, 2.75) is 10.9 Å². The van der Waals surface area contributed by atoms with E-state index in [4.69, 9.17) is 9.15 Å². The number of hydrogen-bond acceptors (Lipinski definition) is 5. The van der Waals surface area contributed by atoms with Crippen LogP contribution in [-0.4, -0.2) is 19.3 Å². The molecule has 1 aromatic heterocycles. The molecule has 160 valence electrons. The molecule has 0 spiro atoms. The van der Waals surface area contributed by atoms with Crippen molar-refractivity contribution in [3.8, 4) is 5.75 Å². The van der Waals surface area contributed by atoms with Crippen LogP contribution in [0.1, 0.15) is 27.7 Å². The van der Waals surface area contributed by atoms with E-state index in [1.807, 2.05) is 48.7 Å². The van der Waals surface area contributed by atoms with Gasteiger partial charge in [0.05, 0.1) is 24.1 Å². The molecule has 0 radical (unpaired) electrons. The topological polar surface area (TPSA) is 59.8 Å². The summed E-state index contributed by atoms with van der Waals surface area (Å²) in [6.07, 6.45) is 2.00. The van der Waals surface area contributed by atoms with Gasteiger partial charge in [0.1, 0.15) is 11.3 Å². The Labute approximate surface area is 197 Å². The minimum absolute atomic E-state index is 0.0755. The van der Waals surface area contributed by atoms with Gasteiger partial charge in [0.2, 0.25) is 5.76 Å². The molecular formula is C25H18BrNO4S. The van der Waals surface area contributed by atoms with Crippen LogP contribution in [0, 0.1) is 0 Å². The number of halogens is 1. The molecule has 0 saturated heterocycles. The molecule has 1 atom stereocenters. The first-order valence-electron chi connectivity index (χ1n) is 9.89. The van der Waals surface area contributed by atoms with Crippen LogP contribution >= 0.6 is 27.7 Å². The highest BCUT2D eigenvalue weighted by molar-refractivity contribution is 9.10. The summed E-state index contributed by atoms with van der Waals surface area (Å²) in [6.45, 7) is 0. The Morgan fingerprint density at radius 1 is 1.03 bits per heavy atom. The first-order valence-corrected chi connectivity index (χ1v) is 11.9. The third-order valence-electron chi connectivity index (χ3n) is 5.60. The van der Waals surface area contributed by atoms with Gasteiger partial charge in [-0.1, -0.05) is 34.1 Å². The predicted octanol–water partition coefficient (Wildman–Crippen LogP) is 6.04. The first-order chi connectivity index (χ1) is 15.5. The maximum absolute atomic E-state index is 13.6. The van der Waals surface area contributed by atoms with Gasteiger partial charge in [-0.3, -0.25) is 14.5 Å². The summed E-state index contributed by atoms with van der Waals surface area (Å²) in [5, 5.41) is 0.434. The van der Waals surface area contributed by atoms with Gasteiger partial charge in [-0.2, -0.15) is 0 Å². The number of hydrogen-bond donors (Lipinski definition) is 0. The van der Waals surface area contributed by atoms with Gasteiger partial charge in [0.15, 0.2) is 5.43 Å². The summed E-state index contributed by atoms with van der Waals surface area (Å²) in [7, 11) is 1.58. The average molecular weight is 508 g/mol. The molecule has 0 bridgehead atoms. The fraction of sp³-hybridized carbons (Fsp3) is 0.120. The Morgan fingerprint density at radius 3 is 2.53 bits per heavy atom. The summed E-state index contributed by atoms with van der Waals surface area (Å²) >= 11 is 5.06. The number of anilines is 1. The van der Waals surface area contributed by atoms with Crippen molar-refractivity contribution in [2.24, 2.45) is 0 Å². The number of nitrogens with zero attached hydrogens (tertiary/aromatic N) is 1. The van der Waals surface area contributed by atoms with Gasteiger partial charge in [-0.05, 0) is 54.3 Å². The molecule has 1 unspecified atom stereocenters. The molecule has 1 aliphatic rings. The Balaban J connectivity index is 1.79. The van der Waals surface area contributed by atoms with E-state index in [2.05, 4.69) is 15.9 Å². The summed E-state index contributed by atoms with van der Waals surface area (Å²) in [4.78, 5) is 30.0. The molecule has 5 nitrogen and oxygen atoms in total. The number of methoxy groups -OCH3 is 1. The second kappa shape index (κ2) is 8.15. The van der Waals surface area contributed by atoms with Crippen LogP contribution < -0.4 is 15.1 Å². The van der Waals surface area contributed by atoms with Gasteiger partial charge in [0.25, 0.3) is 5.91 Å². The van der Waals surface area contributed by atoms with Gasteiger partial charge in [-0.25, -0.2) is 0 Å². The van der Waals surface area contributed by atoms with Crippen LogP contribution in [0.2, 0.25) is 0 Å². The fourth-order valence-corrected chi connectivity index (χ4v) is 4.84. The van der Waals surface area contributed by atoms with Crippen molar-refractivity contribution < 1.29 is 13.9 Å². The second-order valence-electron chi connectivity index (χ2n) is 7.37. The molecule has 0 aliphatic carbocycles. The number of rotatable bonds is 4. The fourth-order valence-electron chi connectivity index (χ4n) is 4.07. The number of carbonyl (C=O) groups is 1. The number of fused-ring (bicyclic) bond motifs is 2. The van der Waals surface area contributed by atoms with E-state index in [0.717, 1.165) is 14.9 Å². The second-order valence-corrected chi connectivity index (χ2v) is 9.16. The molecule has 1 amide bonds. The SMILES string of the molecule is COc1cccc(N2C(=O)c3oc4ccc(Br)cc4c(=O)c3C2c2ccc(SC)cc2)c1. The molecule has 3 aromatic carbocycles. The van der Waals surface area contributed by atoms with E-state index in [1.54, 1.807) is 48.0 Å². The first kappa shape index (κ1) is 20.8. The Kier molecular flexibility index (Phi) is 5.31. The van der Waals surface area contributed by atoms with E-state index in [9.17, 15) is 9.59 Å². The molecule has 32 heavy (non-hydrogen) atoms. The van der Waals surface area contributed by atoms with Crippen LogP contribution in [0.4, 0.5) is 5.69 Å². The highest BCUT2D eigenvalue weighted by Gasteiger charge is 2.43. The zero-order valence-corrected chi connectivity index (χ0v) is 19.7. The largest absolute Gasteiger partial charge is 0.497 e. The lowest BCUT2D eigenvalue weighted by molar-refractivity contribution is 0.0971. The third-order valence-corrected chi connectivity index (χ3v) is 6.83. The lowest BCUT2D eigenvalue weighted by Crippen LogP contribution is -2.29. The summed E-state index contributed by atoms with van der Waals surface area (Å²) < 4.78 is 12.1. The molecule has 7 heteroatoms. The summed E-state index contributed by atoms with van der Waals surface area (Å²) in [6, 6.07) is 19.7. The minimum atomic E-state index is -0.611. The van der Waals surface area contributed by atoms with Gasteiger partial charge >= 0.3 is 0 Å². The van der Waals surface area contributed by atoms with E-state index >= 15 is 0 Å².